The largest absolute Gasteiger partial charge is 0.469 e. The summed E-state index contributed by atoms with van der Waals surface area (Å²) in [5.41, 5.74) is 0. The molecule has 2 atom stereocenters. The molecule has 1 aromatic heterocycles. The van der Waals surface area contributed by atoms with Gasteiger partial charge < -0.3 is 9.73 Å². The second-order valence-corrected chi connectivity index (χ2v) is 3.34. The highest BCUT2D eigenvalue weighted by atomic mass is 16.3. The maximum absolute atomic E-state index is 5.33. The maximum Gasteiger partial charge on any atom is 0.106 e. The molecule has 1 heterocycles. The van der Waals surface area contributed by atoms with E-state index in [1.54, 1.807) is 6.26 Å². The summed E-state index contributed by atoms with van der Waals surface area (Å²) >= 11 is 0. The SMILES string of the molecule is CNCC(C)C(C)c1ccco1. The highest BCUT2D eigenvalue weighted by molar-refractivity contribution is 5.05. The molecule has 0 radical (unpaired) electrons. The minimum Gasteiger partial charge on any atom is -0.469 e. The van der Waals surface area contributed by atoms with Gasteiger partial charge in [0.2, 0.25) is 0 Å². The molecule has 0 aliphatic rings. The van der Waals surface area contributed by atoms with Crippen LogP contribution in [-0.4, -0.2) is 13.6 Å². The van der Waals surface area contributed by atoms with Crippen LogP contribution < -0.4 is 5.32 Å². The molecule has 0 saturated carbocycles. The van der Waals surface area contributed by atoms with Gasteiger partial charge in [0, 0.05) is 5.92 Å². The molecule has 0 spiro atoms. The van der Waals surface area contributed by atoms with Crippen molar-refractivity contribution in [2.24, 2.45) is 5.92 Å². The van der Waals surface area contributed by atoms with Gasteiger partial charge in [-0.25, -0.2) is 0 Å². The molecule has 68 valence electrons. The zero-order valence-electron chi connectivity index (χ0n) is 8.00. The molecule has 0 amide bonds. The molecular formula is C10H17NO. The van der Waals surface area contributed by atoms with Gasteiger partial charge in [0.25, 0.3) is 0 Å². The number of hydrogen-bond acceptors (Lipinski definition) is 2. The molecule has 1 rings (SSSR count). The fraction of sp³-hybridized carbons (Fsp3) is 0.600. The van der Waals surface area contributed by atoms with Crippen LogP contribution in [0.3, 0.4) is 0 Å². The van der Waals surface area contributed by atoms with Crippen LogP contribution >= 0.6 is 0 Å². The first-order chi connectivity index (χ1) is 5.75. The first kappa shape index (κ1) is 9.33. The highest BCUT2D eigenvalue weighted by Crippen LogP contribution is 2.23. The number of nitrogens with one attached hydrogen (secondary N) is 1. The summed E-state index contributed by atoms with van der Waals surface area (Å²) in [6.07, 6.45) is 1.73. The number of hydrogen-bond donors (Lipinski definition) is 1. The third-order valence-electron chi connectivity index (χ3n) is 2.37. The second kappa shape index (κ2) is 4.31. The Kier molecular flexibility index (Phi) is 3.35. The minimum atomic E-state index is 0.493. The molecule has 0 bridgehead atoms. The molecule has 1 N–H and O–H groups in total. The summed E-state index contributed by atoms with van der Waals surface area (Å²) in [7, 11) is 1.98. The molecule has 0 saturated heterocycles. The molecule has 0 fully saturated rings. The summed E-state index contributed by atoms with van der Waals surface area (Å²) < 4.78 is 5.33. The summed E-state index contributed by atoms with van der Waals surface area (Å²) in [6.45, 7) is 5.45. The molecule has 1 aromatic rings. The summed E-state index contributed by atoms with van der Waals surface area (Å²) in [4.78, 5) is 0. The lowest BCUT2D eigenvalue weighted by Crippen LogP contribution is -2.20. The van der Waals surface area contributed by atoms with E-state index in [0.29, 0.717) is 11.8 Å². The second-order valence-electron chi connectivity index (χ2n) is 3.34. The van der Waals surface area contributed by atoms with Crippen LogP contribution in [0.5, 0.6) is 0 Å². The van der Waals surface area contributed by atoms with Crippen molar-refractivity contribution < 1.29 is 4.42 Å². The van der Waals surface area contributed by atoms with Crippen molar-refractivity contribution in [3.63, 3.8) is 0 Å². The van der Waals surface area contributed by atoms with Crippen molar-refractivity contribution >= 4 is 0 Å². The van der Waals surface area contributed by atoms with E-state index < -0.39 is 0 Å². The van der Waals surface area contributed by atoms with Crippen LogP contribution in [-0.2, 0) is 0 Å². The van der Waals surface area contributed by atoms with Gasteiger partial charge in [0.1, 0.15) is 5.76 Å². The van der Waals surface area contributed by atoms with Gasteiger partial charge in [0.15, 0.2) is 0 Å². The summed E-state index contributed by atoms with van der Waals surface area (Å²) in [6, 6.07) is 3.98. The van der Waals surface area contributed by atoms with Crippen molar-refractivity contribution in [2.75, 3.05) is 13.6 Å². The first-order valence-electron chi connectivity index (χ1n) is 4.43. The van der Waals surface area contributed by atoms with Gasteiger partial charge in [-0.15, -0.1) is 0 Å². The Morgan fingerprint density at radius 3 is 2.75 bits per heavy atom. The third kappa shape index (κ3) is 2.11. The van der Waals surface area contributed by atoms with Gasteiger partial charge >= 0.3 is 0 Å². The van der Waals surface area contributed by atoms with Crippen LogP contribution in [0.15, 0.2) is 22.8 Å². The molecule has 2 unspecified atom stereocenters. The van der Waals surface area contributed by atoms with E-state index in [1.165, 1.54) is 0 Å². The van der Waals surface area contributed by atoms with Crippen LogP contribution in [0.25, 0.3) is 0 Å². The molecule has 0 aliphatic heterocycles. The summed E-state index contributed by atoms with van der Waals surface area (Å²) in [5.74, 6) is 2.19. The van der Waals surface area contributed by atoms with Crippen molar-refractivity contribution in [1.82, 2.24) is 5.32 Å². The van der Waals surface area contributed by atoms with E-state index in [4.69, 9.17) is 4.42 Å². The topological polar surface area (TPSA) is 25.2 Å². The van der Waals surface area contributed by atoms with Crippen LogP contribution in [0.1, 0.15) is 25.5 Å². The average Bonchev–Trinajstić information content (AvgIpc) is 2.55. The third-order valence-corrected chi connectivity index (χ3v) is 2.37. The van der Waals surface area contributed by atoms with Gasteiger partial charge in [0.05, 0.1) is 6.26 Å². The molecular weight excluding hydrogens is 150 g/mol. The highest BCUT2D eigenvalue weighted by Gasteiger charge is 2.15. The Balaban J connectivity index is 2.53. The van der Waals surface area contributed by atoms with Gasteiger partial charge in [-0.05, 0) is 31.6 Å². The lowest BCUT2D eigenvalue weighted by Gasteiger charge is -2.16. The fourth-order valence-corrected chi connectivity index (χ4v) is 1.33. The van der Waals surface area contributed by atoms with E-state index in [-0.39, 0.29) is 0 Å². The Hall–Kier alpha value is -0.760. The Morgan fingerprint density at radius 1 is 1.50 bits per heavy atom. The zero-order valence-corrected chi connectivity index (χ0v) is 8.00. The predicted octanol–water partition coefficient (Wildman–Crippen LogP) is 2.24. The maximum atomic E-state index is 5.33. The minimum absolute atomic E-state index is 0.493. The van der Waals surface area contributed by atoms with E-state index in [1.807, 2.05) is 19.2 Å². The first-order valence-corrected chi connectivity index (χ1v) is 4.43. The molecule has 0 aliphatic carbocycles. The van der Waals surface area contributed by atoms with Crippen LogP contribution in [0, 0.1) is 5.92 Å². The Morgan fingerprint density at radius 2 is 2.25 bits per heavy atom. The van der Waals surface area contributed by atoms with Gasteiger partial charge in [-0.1, -0.05) is 13.8 Å². The van der Waals surface area contributed by atoms with E-state index >= 15 is 0 Å². The van der Waals surface area contributed by atoms with Crippen LogP contribution in [0.2, 0.25) is 0 Å². The number of rotatable bonds is 4. The molecule has 2 nitrogen and oxygen atoms in total. The van der Waals surface area contributed by atoms with Crippen molar-refractivity contribution in [3.8, 4) is 0 Å². The van der Waals surface area contributed by atoms with E-state index in [0.717, 1.165) is 12.3 Å². The van der Waals surface area contributed by atoms with Crippen LogP contribution in [0.4, 0.5) is 0 Å². The zero-order chi connectivity index (χ0) is 8.97. The van der Waals surface area contributed by atoms with Gasteiger partial charge in [-0.3, -0.25) is 0 Å². The fourth-order valence-electron chi connectivity index (χ4n) is 1.33. The standard InChI is InChI=1S/C10H17NO/c1-8(7-11-3)9(2)10-5-4-6-12-10/h4-6,8-9,11H,7H2,1-3H3. The molecule has 0 aromatic carbocycles. The predicted molar refractivity (Wildman–Crippen MR) is 50.2 cm³/mol. The smallest absolute Gasteiger partial charge is 0.106 e. The summed E-state index contributed by atoms with van der Waals surface area (Å²) in [5, 5.41) is 3.17. The molecule has 12 heavy (non-hydrogen) atoms. The molecule has 2 heteroatoms. The van der Waals surface area contributed by atoms with E-state index in [2.05, 4.69) is 19.2 Å². The van der Waals surface area contributed by atoms with Crippen molar-refractivity contribution in [3.05, 3.63) is 24.2 Å². The monoisotopic (exact) mass is 167 g/mol. The Labute approximate surface area is 74.0 Å². The van der Waals surface area contributed by atoms with Gasteiger partial charge in [-0.2, -0.15) is 0 Å². The van der Waals surface area contributed by atoms with Crippen molar-refractivity contribution in [2.45, 2.75) is 19.8 Å². The average molecular weight is 167 g/mol. The van der Waals surface area contributed by atoms with Crippen molar-refractivity contribution in [1.29, 1.82) is 0 Å². The Bertz CT molecular complexity index is 206. The normalized spacial score (nSPS) is 15.9. The lowest BCUT2D eigenvalue weighted by molar-refractivity contribution is 0.388. The lowest BCUT2D eigenvalue weighted by atomic mass is 9.94. The van der Waals surface area contributed by atoms with E-state index in [9.17, 15) is 0 Å². The number of furan rings is 1. The quantitative estimate of drug-likeness (QED) is 0.744.